The average molecular weight is 304 g/mol. The molecule has 0 aliphatic rings. The Morgan fingerprint density at radius 2 is 1.71 bits per heavy atom. The molecule has 3 nitrogen and oxygen atoms in total. The molecular formula is C15H19F3O3. The maximum absolute atomic E-state index is 13.1. The first-order valence-electron chi connectivity index (χ1n) is 6.51. The van der Waals surface area contributed by atoms with Crippen LogP contribution in [0.15, 0.2) is 24.3 Å². The second-order valence-corrected chi connectivity index (χ2v) is 5.18. The molecule has 0 aromatic heterocycles. The molecular weight excluding hydrogens is 285 g/mol. The van der Waals surface area contributed by atoms with Crippen LogP contribution in [0.25, 0.3) is 0 Å². The predicted octanol–water partition coefficient (Wildman–Crippen LogP) is 4.14. The number of hydrogen-bond donors (Lipinski definition) is 0. The van der Waals surface area contributed by atoms with Crippen LogP contribution >= 0.6 is 0 Å². The Hall–Kier alpha value is -1.56. The summed E-state index contributed by atoms with van der Waals surface area (Å²) in [5.41, 5.74) is -1.40. The number of alkyl halides is 3. The molecule has 118 valence electrons. The van der Waals surface area contributed by atoms with Crippen molar-refractivity contribution < 1.29 is 27.4 Å². The van der Waals surface area contributed by atoms with E-state index >= 15 is 0 Å². The molecule has 0 aliphatic carbocycles. The summed E-state index contributed by atoms with van der Waals surface area (Å²) in [4.78, 5) is 11.5. The van der Waals surface area contributed by atoms with Crippen LogP contribution in [0.2, 0.25) is 0 Å². The first kappa shape index (κ1) is 17.5. The van der Waals surface area contributed by atoms with Crippen LogP contribution in [0.1, 0.15) is 42.8 Å². The van der Waals surface area contributed by atoms with Crippen LogP contribution in [-0.4, -0.2) is 25.9 Å². The van der Waals surface area contributed by atoms with E-state index in [1.807, 2.05) is 0 Å². The smallest absolute Gasteiger partial charge is 0.396 e. The number of carbonyl (C=O) groups excluding carboxylic acids is 1. The van der Waals surface area contributed by atoms with E-state index in [1.165, 1.54) is 31.4 Å². The van der Waals surface area contributed by atoms with E-state index in [0.29, 0.717) is 11.1 Å². The lowest BCUT2D eigenvalue weighted by atomic mass is 9.81. The van der Waals surface area contributed by atoms with Gasteiger partial charge in [0.1, 0.15) is 0 Å². The van der Waals surface area contributed by atoms with Crippen molar-refractivity contribution in [3.05, 3.63) is 35.4 Å². The molecule has 1 aromatic carbocycles. The number of hydrogen-bond acceptors (Lipinski definition) is 3. The number of rotatable bonds is 5. The summed E-state index contributed by atoms with van der Waals surface area (Å²) in [5, 5.41) is 0. The second kappa shape index (κ2) is 6.47. The maximum Gasteiger partial charge on any atom is 0.396 e. The lowest BCUT2D eigenvalue weighted by Gasteiger charge is -2.35. The van der Waals surface area contributed by atoms with E-state index in [-0.39, 0.29) is 6.61 Å². The molecule has 1 aromatic rings. The Labute approximate surface area is 122 Å². The van der Waals surface area contributed by atoms with E-state index in [2.05, 4.69) is 0 Å². The number of ether oxygens (including phenoxy) is 2. The number of carbonyl (C=O) groups is 1. The highest BCUT2D eigenvalue weighted by molar-refractivity contribution is 5.89. The molecule has 0 saturated heterocycles. The Kier molecular flexibility index (Phi) is 5.39. The Morgan fingerprint density at radius 1 is 1.19 bits per heavy atom. The molecule has 0 fully saturated rings. The van der Waals surface area contributed by atoms with E-state index in [9.17, 15) is 18.0 Å². The first-order chi connectivity index (χ1) is 9.65. The van der Waals surface area contributed by atoms with Gasteiger partial charge in [0, 0.05) is 7.11 Å². The molecule has 0 radical (unpaired) electrons. The van der Waals surface area contributed by atoms with Crippen molar-refractivity contribution >= 4 is 5.97 Å². The van der Waals surface area contributed by atoms with Gasteiger partial charge >= 0.3 is 12.1 Å². The van der Waals surface area contributed by atoms with Gasteiger partial charge in [-0.25, -0.2) is 4.79 Å². The molecule has 0 aliphatic heterocycles. The Balaban J connectivity index is 3.06. The van der Waals surface area contributed by atoms with Gasteiger partial charge in [-0.2, -0.15) is 13.2 Å². The van der Waals surface area contributed by atoms with Crippen LogP contribution in [-0.2, 0) is 9.47 Å². The van der Waals surface area contributed by atoms with Crippen molar-refractivity contribution in [2.24, 2.45) is 5.41 Å². The molecule has 1 rings (SSSR count). The monoisotopic (exact) mass is 304 g/mol. The fourth-order valence-electron chi connectivity index (χ4n) is 2.00. The molecule has 0 spiro atoms. The van der Waals surface area contributed by atoms with Crippen molar-refractivity contribution in [3.8, 4) is 0 Å². The third kappa shape index (κ3) is 3.75. The summed E-state index contributed by atoms with van der Waals surface area (Å²) in [5.74, 6) is -0.506. The minimum Gasteiger partial charge on any atom is -0.462 e. The Morgan fingerprint density at radius 3 is 2.10 bits per heavy atom. The quantitative estimate of drug-likeness (QED) is 0.767. The summed E-state index contributed by atoms with van der Waals surface area (Å²) < 4.78 is 49.2. The van der Waals surface area contributed by atoms with Gasteiger partial charge in [-0.05, 0) is 38.5 Å². The van der Waals surface area contributed by atoms with Crippen LogP contribution in [0.4, 0.5) is 13.2 Å². The van der Waals surface area contributed by atoms with Gasteiger partial charge < -0.3 is 9.47 Å². The number of esters is 1. The summed E-state index contributed by atoms with van der Waals surface area (Å²) in [7, 11) is 1.23. The van der Waals surface area contributed by atoms with Gasteiger partial charge in [0.15, 0.2) is 0 Å². The molecule has 0 bridgehead atoms. The van der Waals surface area contributed by atoms with E-state index in [0.717, 1.165) is 13.8 Å². The second-order valence-electron chi connectivity index (χ2n) is 5.18. The largest absolute Gasteiger partial charge is 0.462 e. The molecule has 0 amide bonds. The standard InChI is InChI=1S/C15H19F3O3/c1-5-21-13(19)11-8-6-10(7-9-11)12(20-4)14(2,3)15(16,17)18/h6-9,12H,5H2,1-4H3. The van der Waals surface area contributed by atoms with Crippen LogP contribution < -0.4 is 0 Å². The molecule has 6 heteroatoms. The molecule has 1 atom stereocenters. The van der Waals surface area contributed by atoms with E-state index in [4.69, 9.17) is 9.47 Å². The zero-order chi connectivity index (χ0) is 16.3. The molecule has 1 unspecified atom stereocenters. The van der Waals surface area contributed by atoms with Crippen molar-refractivity contribution in [3.63, 3.8) is 0 Å². The Bertz CT molecular complexity index is 478. The molecule has 0 heterocycles. The highest BCUT2D eigenvalue weighted by Gasteiger charge is 2.53. The number of benzene rings is 1. The van der Waals surface area contributed by atoms with E-state index < -0.39 is 23.7 Å². The van der Waals surface area contributed by atoms with Gasteiger partial charge in [-0.1, -0.05) is 12.1 Å². The van der Waals surface area contributed by atoms with Crippen LogP contribution in [0, 0.1) is 5.41 Å². The first-order valence-corrected chi connectivity index (χ1v) is 6.51. The van der Waals surface area contributed by atoms with E-state index in [1.54, 1.807) is 6.92 Å². The summed E-state index contributed by atoms with van der Waals surface area (Å²) in [6.45, 7) is 4.09. The molecule has 0 saturated carbocycles. The SMILES string of the molecule is CCOC(=O)c1ccc(C(OC)C(C)(C)C(F)(F)F)cc1. The fourth-order valence-corrected chi connectivity index (χ4v) is 2.00. The minimum absolute atomic E-state index is 0.238. The zero-order valence-electron chi connectivity index (χ0n) is 12.5. The van der Waals surface area contributed by atoms with Crippen LogP contribution in [0.3, 0.4) is 0 Å². The fraction of sp³-hybridized carbons (Fsp3) is 0.533. The van der Waals surface area contributed by atoms with Crippen molar-refractivity contribution in [2.75, 3.05) is 13.7 Å². The van der Waals surface area contributed by atoms with Gasteiger partial charge in [0.25, 0.3) is 0 Å². The highest BCUT2D eigenvalue weighted by atomic mass is 19.4. The molecule has 0 N–H and O–H groups in total. The van der Waals surface area contributed by atoms with Gasteiger partial charge in [-0.15, -0.1) is 0 Å². The lowest BCUT2D eigenvalue weighted by molar-refractivity contribution is -0.247. The van der Waals surface area contributed by atoms with Crippen molar-refractivity contribution in [1.29, 1.82) is 0 Å². The summed E-state index contributed by atoms with van der Waals surface area (Å²) in [6, 6.07) is 5.78. The zero-order valence-corrected chi connectivity index (χ0v) is 12.5. The minimum atomic E-state index is -4.41. The van der Waals surface area contributed by atoms with Gasteiger partial charge in [0.2, 0.25) is 0 Å². The number of methoxy groups -OCH3 is 1. The summed E-state index contributed by atoms with van der Waals surface area (Å²) in [6.07, 6.45) is -5.57. The normalized spacial score (nSPS) is 13.9. The number of halogens is 3. The van der Waals surface area contributed by atoms with Gasteiger partial charge in [0.05, 0.1) is 23.7 Å². The van der Waals surface area contributed by atoms with Crippen LogP contribution in [0.5, 0.6) is 0 Å². The maximum atomic E-state index is 13.1. The van der Waals surface area contributed by atoms with Gasteiger partial charge in [-0.3, -0.25) is 0 Å². The topological polar surface area (TPSA) is 35.5 Å². The van der Waals surface area contributed by atoms with Crippen molar-refractivity contribution in [2.45, 2.75) is 33.1 Å². The third-order valence-electron chi connectivity index (χ3n) is 3.35. The highest BCUT2D eigenvalue weighted by Crippen LogP contribution is 2.48. The third-order valence-corrected chi connectivity index (χ3v) is 3.35. The lowest BCUT2D eigenvalue weighted by Crippen LogP contribution is -2.38. The average Bonchev–Trinajstić information content (AvgIpc) is 2.39. The van der Waals surface area contributed by atoms with Crippen molar-refractivity contribution in [1.82, 2.24) is 0 Å². The predicted molar refractivity (Wildman–Crippen MR) is 72.0 cm³/mol. The molecule has 21 heavy (non-hydrogen) atoms. The summed E-state index contributed by atoms with van der Waals surface area (Å²) >= 11 is 0.